The van der Waals surface area contributed by atoms with E-state index in [4.69, 9.17) is 10.7 Å². The van der Waals surface area contributed by atoms with Gasteiger partial charge in [0.2, 0.25) is 0 Å². The van der Waals surface area contributed by atoms with Gasteiger partial charge in [-0.2, -0.15) is 0 Å². The first-order valence-corrected chi connectivity index (χ1v) is 6.92. The van der Waals surface area contributed by atoms with Gasteiger partial charge in [-0.1, -0.05) is 25.2 Å². The summed E-state index contributed by atoms with van der Waals surface area (Å²) < 4.78 is 0. The van der Waals surface area contributed by atoms with Crippen LogP contribution in [0.4, 0.5) is 5.13 Å². The van der Waals surface area contributed by atoms with Crippen LogP contribution in [0.1, 0.15) is 56.1 Å². The summed E-state index contributed by atoms with van der Waals surface area (Å²) in [6, 6.07) is 0.103. The molecule has 4 heteroatoms. The Balaban J connectivity index is 2.30. The molecule has 1 aromatic rings. The normalized spacial score (nSPS) is 18.4. The van der Waals surface area contributed by atoms with Crippen LogP contribution in [0, 0.1) is 0 Å². The molecule has 1 unspecified atom stereocenters. The SMILES string of the molecule is CC(C)c1nc(N2CCCC2)sc1C(C)N. The molecule has 1 aromatic heterocycles. The van der Waals surface area contributed by atoms with Crippen LogP contribution in [0.15, 0.2) is 0 Å². The second-order valence-electron chi connectivity index (χ2n) is 4.88. The Morgan fingerprint density at radius 1 is 1.25 bits per heavy atom. The Hall–Kier alpha value is -0.610. The minimum atomic E-state index is 0.103. The third kappa shape index (κ3) is 2.23. The Morgan fingerprint density at radius 2 is 1.88 bits per heavy atom. The number of hydrogen-bond donors (Lipinski definition) is 1. The number of hydrogen-bond acceptors (Lipinski definition) is 4. The molecular formula is C12H21N3S. The summed E-state index contributed by atoms with van der Waals surface area (Å²) in [6.45, 7) is 8.74. The van der Waals surface area contributed by atoms with E-state index in [0.29, 0.717) is 5.92 Å². The van der Waals surface area contributed by atoms with E-state index in [-0.39, 0.29) is 6.04 Å². The van der Waals surface area contributed by atoms with E-state index in [1.807, 2.05) is 6.92 Å². The lowest BCUT2D eigenvalue weighted by atomic mass is 10.1. The van der Waals surface area contributed by atoms with Crippen molar-refractivity contribution >= 4 is 16.5 Å². The number of aromatic nitrogens is 1. The first-order chi connectivity index (χ1) is 7.59. The fourth-order valence-electron chi connectivity index (χ4n) is 2.12. The van der Waals surface area contributed by atoms with Gasteiger partial charge in [-0.15, -0.1) is 0 Å². The summed E-state index contributed by atoms with van der Waals surface area (Å²) >= 11 is 1.78. The van der Waals surface area contributed by atoms with E-state index in [9.17, 15) is 0 Å². The van der Waals surface area contributed by atoms with Gasteiger partial charge in [-0.25, -0.2) is 4.98 Å². The van der Waals surface area contributed by atoms with Crippen LogP contribution in [0.25, 0.3) is 0 Å². The molecule has 1 atom stereocenters. The third-order valence-corrected chi connectivity index (χ3v) is 4.34. The molecule has 16 heavy (non-hydrogen) atoms. The molecule has 0 saturated carbocycles. The molecule has 0 bridgehead atoms. The van der Waals surface area contributed by atoms with Gasteiger partial charge in [0.25, 0.3) is 0 Å². The molecule has 90 valence electrons. The highest BCUT2D eigenvalue weighted by atomic mass is 32.1. The molecule has 1 fully saturated rings. The standard InChI is InChI=1S/C12H21N3S/c1-8(2)10-11(9(3)13)16-12(14-10)15-6-4-5-7-15/h8-9H,4-7,13H2,1-3H3. The molecular weight excluding hydrogens is 218 g/mol. The largest absolute Gasteiger partial charge is 0.348 e. The highest BCUT2D eigenvalue weighted by Crippen LogP contribution is 2.35. The molecule has 0 spiro atoms. The molecule has 3 nitrogen and oxygen atoms in total. The minimum Gasteiger partial charge on any atom is -0.348 e. The van der Waals surface area contributed by atoms with Crippen molar-refractivity contribution in [2.75, 3.05) is 18.0 Å². The topological polar surface area (TPSA) is 42.2 Å². The molecule has 2 heterocycles. The van der Waals surface area contributed by atoms with E-state index in [1.165, 1.54) is 28.5 Å². The summed E-state index contributed by atoms with van der Waals surface area (Å²) in [5, 5.41) is 1.17. The number of rotatable bonds is 3. The number of thiazole rings is 1. The maximum atomic E-state index is 6.02. The van der Waals surface area contributed by atoms with Gasteiger partial charge in [0.1, 0.15) is 0 Å². The summed E-state index contributed by atoms with van der Waals surface area (Å²) in [5.41, 5.74) is 7.21. The maximum absolute atomic E-state index is 6.02. The lowest BCUT2D eigenvalue weighted by Crippen LogP contribution is -2.17. The van der Waals surface area contributed by atoms with Gasteiger partial charge in [-0.3, -0.25) is 0 Å². The summed E-state index contributed by atoms with van der Waals surface area (Å²) in [7, 11) is 0. The van der Waals surface area contributed by atoms with Crippen molar-refractivity contribution in [1.82, 2.24) is 4.98 Å². The van der Waals surface area contributed by atoms with Crippen LogP contribution in [0.5, 0.6) is 0 Å². The lowest BCUT2D eigenvalue weighted by Gasteiger charge is -2.12. The number of nitrogens with zero attached hydrogens (tertiary/aromatic N) is 2. The Bertz CT molecular complexity index is 326. The van der Waals surface area contributed by atoms with Crippen molar-refractivity contribution in [3.05, 3.63) is 10.6 Å². The van der Waals surface area contributed by atoms with Crippen LogP contribution >= 0.6 is 11.3 Å². The lowest BCUT2D eigenvalue weighted by molar-refractivity contribution is 0.760. The molecule has 0 aromatic carbocycles. The molecule has 1 saturated heterocycles. The van der Waals surface area contributed by atoms with E-state index < -0.39 is 0 Å². The summed E-state index contributed by atoms with van der Waals surface area (Å²) in [4.78, 5) is 8.43. The zero-order valence-corrected chi connectivity index (χ0v) is 11.2. The second-order valence-corrected chi connectivity index (χ2v) is 5.89. The molecule has 0 radical (unpaired) electrons. The first kappa shape index (κ1) is 11.9. The highest BCUT2D eigenvalue weighted by molar-refractivity contribution is 7.15. The van der Waals surface area contributed by atoms with Crippen molar-refractivity contribution in [1.29, 1.82) is 0 Å². The summed E-state index contributed by atoms with van der Waals surface area (Å²) in [6.07, 6.45) is 2.59. The average Bonchev–Trinajstić information content (AvgIpc) is 2.86. The maximum Gasteiger partial charge on any atom is 0.185 e. The van der Waals surface area contributed by atoms with Crippen molar-refractivity contribution < 1.29 is 0 Å². The fourth-order valence-corrected chi connectivity index (χ4v) is 3.34. The molecule has 2 N–H and O–H groups in total. The van der Waals surface area contributed by atoms with Gasteiger partial charge in [0.05, 0.1) is 5.69 Å². The highest BCUT2D eigenvalue weighted by Gasteiger charge is 2.21. The number of anilines is 1. The average molecular weight is 239 g/mol. The molecule has 0 amide bonds. The molecule has 1 aliphatic rings. The third-order valence-electron chi connectivity index (χ3n) is 3.01. The quantitative estimate of drug-likeness (QED) is 0.882. The molecule has 2 rings (SSSR count). The van der Waals surface area contributed by atoms with Crippen LogP contribution in [0.2, 0.25) is 0 Å². The van der Waals surface area contributed by atoms with Crippen molar-refractivity contribution in [2.24, 2.45) is 5.73 Å². The van der Waals surface area contributed by atoms with Gasteiger partial charge >= 0.3 is 0 Å². The molecule has 1 aliphatic heterocycles. The van der Waals surface area contributed by atoms with E-state index in [2.05, 4.69) is 18.7 Å². The van der Waals surface area contributed by atoms with Crippen LogP contribution < -0.4 is 10.6 Å². The first-order valence-electron chi connectivity index (χ1n) is 6.10. The molecule has 0 aliphatic carbocycles. The van der Waals surface area contributed by atoms with Crippen molar-refractivity contribution in [3.8, 4) is 0 Å². The van der Waals surface area contributed by atoms with E-state index in [1.54, 1.807) is 11.3 Å². The predicted octanol–water partition coefficient (Wildman–Crippen LogP) is 2.89. The van der Waals surface area contributed by atoms with Crippen molar-refractivity contribution in [2.45, 2.75) is 45.6 Å². The van der Waals surface area contributed by atoms with Crippen LogP contribution in [-0.2, 0) is 0 Å². The van der Waals surface area contributed by atoms with Gasteiger partial charge in [0, 0.05) is 24.0 Å². The zero-order chi connectivity index (χ0) is 11.7. The Labute approximate surface area is 102 Å². The van der Waals surface area contributed by atoms with Gasteiger partial charge in [0.15, 0.2) is 5.13 Å². The zero-order valence-electron chi connectivity index (χ0n) is 10.4. The fraction of sp³-hybridized carbons (Fsp3) is 0.750. The Morgan fingerprint density at radius 3 is 2.31 bits per heavy atom. The predicted molar refractivity (Wildman–Crippen MR) is 70.3 cm³/mol. The van der Waals surface area contributed by atoms with E-state index in [0.717, 1.165) is 13.1 Å². The van der Waals surface area contributed by atoms with Crippen molar-refractivity contribution in [3.63, 3.8) is 0 Å². The minimum absolute atomic E-state index is 0.103. The number of nitrogens with two attached hydrogens (primary N) is 1. The van der Waals surface area contributed by atoms with Crippen LogP contribution in [-0.4, -0.2) is 18.1 Å². The van der Waals surface area contributed by atoms with E-state index >= 15 is 0 Å². The monoisotopic (exact) mass is 239 g/mol. The smallest absolute Gasteiger partial charge is 0.185 e. The van der Waals surface area contributed by atoms with Gasteiger partial charge in [-0.05, 0) is 25.7 Å². The van der Waals surface area contributed by atoms with Gasteiger partial charge < -0.3 is 10.6 Å². The van der Waals surface area contributed by atoms with Crippen LogP contribution in [0.3, 0.4) is 0 Å². The summed E-state index contributed by atoms with van der Waals surface area (Å²) in [5.74, 6) is 0.466. The Kier molecular flexibility index (Phi) is 3.50. The second kappa shape index (κ2) is 4.72.